The molecular formula is C18H28O8. The van der Waals surface area contributed by atoms with Crippen LogP contribution in [0.15, 0.2) is 0 Å². The molecule has 4 saturated heterocycles. The van der Waals surface area contributed by atoms with Crippen molar-refractivity contribution in [1.29, 1.82) is 0 Å². The summed E-state index contributed by atoms with van der Waals surface area (Å²) < 4.78 is 47.8. The van der Waals surface area contributed by atoms with E-state index in [0.29, 0.717) is 13.2 Å². The first-order valence-corrected chi connectivity index (χ1v) is 9.49. The van der Waals surface area contributed by atoms with Gasteiger partial charge in [-0.25, -0.2) is 0 Å². The minimum absolute atomic E-state index is 0.165. The SMILES string of the molecule is CC1(C)OC2C(OCC3CO3)[C@@H]3OC(C)(C)O[C@@H]3C(OCC3CO3)[C@@H]2O1. The molecule has 4 aliphatic heterocycles. The fourth-order valence-corrected chi connectivity index (χ4v) is 4.17. The van der Waals surface area contributed by atoms with E-state index in [-0.39, 0.29) is 48.8 Å². The lowest BCUT2D eigenvalue weighted by Gasteiger charge is -2.42. The van der Waals surface area contributed by atoms with Gasteiger partial charge >= 0.3 is 0 Å². The summed E-state index contributed by atoms with van der Waals surface area (Å²) in [5.74, 6) is -1.42. The fraction of sp³-hybridized carbons (Fsp3) is 1.00. The predicted octanol–water partition coefficient (Wildman–Crippen LogP) is 0.608. The lowest BCUT2D eigenvalue weighted by molar-refractivity contribution is -0.189. The topological polar surface area (TPSA) is 80.4 Å². The molecule has 5 rings (SSSR count). The van der Waals surface area contributed by atoms with Gasteiger partial charge in [0.05, 0.1) is 26.4 Å². The third-order valence-electron chi connectivity index (χ3n) is 5.38. The second kappa shape index (κ2) is 6.09. The lowest BCUT2D eigenvalue weighted by Crippen LogP contribution is -2.63. The molecule has 1 saturated carbocycles. The molecule has 5 unspecified atom stereocenters. The van der Waals surface area contributed by atoms with Gasteiger partial charge in [0.25, 0.3) is 0 Å². The van der Waals surface area contributed by atoms with Gasteiger partial charge in [0, 0.05) is 0 Å². The highest BCUT2D eigenvalue weighted by Crippen LogP contribution is 2.46. The Kier molecular flexibility index (Phi) is 4.16. The number of epoxide rings is 2. The summed E-state index contributed by atoms with van der Waals surface area (Å²) >= 11 is 0. The van der Waals surface area contributed by atoms with E-state index in [1.165, 1.54) is 0 Å². The zero-order valence-corrected chi connectivity index (χ0v) is 15.7. The highest BCUT2D eigenvalue weighted by Gasteiger charge is 2.64. The molecular weight excluding hydrogens is 344 g/mol. The second-order valence-electron chi connectivity index (χ2n) is 8.64. The molecule has 1 aliphatic carbocycles. The third kappa shape index (κ3) is 3.42. The van der Waals surface area contributed by atoms with Crippen LogP contribution in [0.3, 0.4) is 0 Å². The molecule has 4 heterocycles. The molecule has 0 aromatic carbocycles. The lowest BCUT2D eigenvalue weighted by atomic mass is 9.84. The molecule has 148 valence electrons. The molecule has 8 heteroatoms. The van der Waals surface area contributed by atoms with E-state index >= 15 is 0 Å². The Bertz CT molecular complexity index is 467. The van der Waals surface area contributed by atoms with Crippen molar-refractivity contribution in [3.05, 3.63) is 0 Å². The maximum Gasteiger partial charge on any atom is 0.164 e. The van der Waals surface area contributed by atoms with Crippen molar-refractivity contribution in [3.63, 3.8) is 0 Å². The minimum Gasteiger partial charge on any atom is -0.371 e. The van der Waals surface area contributed by atoms with Gasteiger partial charge in [-0.2, -0.15) is 0 Å². The Morgan fingerprint density at radius 2 is 0.962 bits per heavy atom. The van der Waals surface area contributed by atoms with E-state index in [0.717, 1.165) is 13.2 Å². The first kappa shape index (κ1) is 17.8. The van der Waals surface area contributed by atoms with E-state index in [1.807, 2.05) is 27.7 Å². The molecule has 0 N–H and O–H groups in total. The molecule has 0 aromatic rings. The number of hydrogen-bond acceptors (Lipinski definition) is 8. The zero-order valence-electron chi connectivity index (χ0n) is 15.7. The predicted molar refractivity (Wildman–Crippen MR) is 86.6 cm³/mol. The Balaban J connectivity index is 1.40. The first-order chi connectivity index (χ1) is 12.3. The normalized spacial score (nSPS) is 50.3. The van der Waals surface area contributed by atoms with Crippen molar-refractivity contribution in [1.82, 2.24) is 0 Å². The molecule has 8 atom stereocenters. The summed E-state index contributed by atoms with van der Waals surface area (Å²) in [6.07, 6.45) is -1.40. The smallest absolute Gasteiger partial charge is 0.164 e. The summed E-state index contributed by atoms with van der Waals surface area (Å²) in [7, 11) is 0. The maximum atomic E-state index is 6.21. The standard InChI is InChI=1S/C18H28O8/c1-17(2)23-13-11(21-7-9-5-19-9)15-16(26-18(3,4)25-15)12(14(13)24-17)22-8-10-6-20-10/h9-16H,5-8H2,1-4H3/t9?,10?,11?,12?,13-,14+,15+,16?/m1/s1. The highest BCUT2D eigenvalue weighted by atomic mass is 16.8. The molecule has 0 radical (unpaired) electrons. The molecule has 8 nitrogen and oxygen atoms in total. The van der Waals surface area contributed by atoms with Crippen LogP contribution in [0.2, 0.25) is 0 Å². The van der Waals surface area contributed by atoms with E-state index in [4.69, 9.17) is 37.9 Å². The molecule has 5 aliphatic rings. The number of fused-ring (bicyclic) bond motifs is 2. The van der Waals surface area contributed by atoms with Gasteiger partial charge in [-0.15, -0.1) is 0 Å². The van der Waals surface area contributed by atoms with E-state index in [1.54, 1.807) is 0 Å². The van der Waals surface area contributed by atoms with E-state index < -0.39 is 11.6 Å². The van der Waals surface area contributed by atoms with Gasteiger partial charge in [0.2, 0.25) is 0 Å². The number of hydrogen-bond donors (Lipinski definition) is 0. The van der Waals surface area contributed by atoms with Gasteiger partial charge in [-0.05, 0) is 27.7 Å². The van der Waals surface area contributed by atoms with Crippen LogP contribution in [-0.4, -0.2) is 86.8 Å². The van der Waals surface area contributed by atoms with Crippen LogP contribution < -0.4 is 0 Å². The van der Waals surface area contributed by atoms with Crippen LogP contribution in [0.4, 0.5) is 0 Å². The Hall–Kier alpha value is -0.320. The van der Waals surface area contributed by atoms with Crippen molar-refractivity contribution in [2.45, 2.75) is 88.1 Å². The Labute approximate surface area is 153 Å². The molecule has 0 aromatic heterocycles. The molecule has 0 spiro atoms. The highest BCUT2D eigenvalue weighted by molar-refractivity contribution is 5.09. The van der Waals surface area contributed by atoms with Crippen molar-refractivity contribution < 1.29 is 37.9 Å². The van der Waals surface area contributed by atoms with Gasteiger partial charge in [-0.1, -0.05) is 0 Å². The van der Waals surface area contributed by atoms with Crippen LogP contribution >= 0.6 is 0 Å². The Morgan fingerprint density at radius 3 is 1.23 bits per heavy atom. The summed E-state index contributed by atoms with van der Waals surface area (Å²) in [5.41, 5.74) is 0. The van der Waals surface area contributed by atoms with Crippen LogP contribution in [0.1, 0.15) is 27.7 Å². The van der Waals surface area contributed by atoms with E-state index in [2.05, 4.69) is 0 Å². The molecule has 26 heavy (non-hydrogen) atoms. The molecule has 0 bridgehead atoms. The van der Waals surface area contributed by atoms with Crippen molar-refractivity contribution in [2.75, 3.05) is 26.4 Å². The van der Waals surface area contributed by atoms with E-state index in [9.17, 15) is 0 Å². The monoisotopic (exact) mass is 372 g/mol. The van der Waals surface area contributed by atoms with Gasteiger partial charge in [0.15, 0.2) is 11.6 Å². The first-order valence-electron chi connectivity index (χ1n) is 9.49. The van der Waals surface area contributed by atoms with Crippen LogP contribution in [-0.2, 0) is 37.9 Å². The summed E-state index contributed by atoms with van der Waals surface area (Å²) in [6, 6.07) is 0. The van der Waals surface area contributed by atoms with Crippen LogP contribution in [0.25, 0.3) is 0 Å². The zero-order chi connectivity index (χ0) is 18.1. The van der Waals surface area contributed by atoms with Crippen molar-refractivity contribution >= 4 is 0 Å². The quantitative estimate of drug-likeness (QED) is 0.628. The third-order valence-corrected chi connectivity index (χ3v) is 5.38. The Morgan fingerprint density at radius 1 is 0.654 bits per heavy atom. The summed E-state index contributed by atoms with van der Waals surface area (Å²) in [6.45, 7) is 10.2. The number of rotatable bonds is 6. The molecule has 0 amide bonds. The summed E-state index contributed by atoms with van der Waals surface area (Å²) in [4.78, 5) is 0. The molecule has 5 fully saturated rings. The van der Waals surface area contributed by atoms with Gasteiger partial charge < -0.3 is 37.9 Å². The largest absolute Gasteiger partial charge is 0.371 e. The van der Waals surface area contributed by atoms with Gasteiger partial charge in [0.1, 0.15) is 48.8 Å². The minimum atomic E-state index is -0.709. The number of ether oxygens (including phenoxy) is 8. The fourth-order valence-electron chi connectivity index (χ4n) is 4.17. The van der Waals surface area contributed by atoms with Crippen molar-refractivity contribution in [2.24, 2.45) is 0 Å². The summed E-state index contributed by atoms with van der Waals surface area (Å²) in [5, 5.41) is 0. The average molecular weight is 372 g/mol. The maximum absolute atomic E-state index is 6.21. The average Bonchev–Trinajstić information content (AvgIpc) is 3.44. The van der Waals surface area contributed by atoms with Crippen LogP contribution in [0, 0.1) is 0 Å². The second-order valence-corrected chi connectivity index (χ2v) is 8.64. The van der Waals surface area contributed by atoms with Crippen LogP contribution in [0.5, 0.6) is 0 Å². The van der Waals surface area contributed by atoms with Crippen molar-refractivity contribution in [3.8, 4) is 0 Å². The van der Waals surface area contributed by atoms with Gasteiger partial charge in [-0.3, -0.25) is 0 Å².